The SMILES string of the molecule is CCOC(c1ccc(Br)cc1)C(F)(F)F. The summed E-state index contributed by atoms with van der Waals surface area (Å²) >= 11 is 3.16. The molecule has 0 bridgehead atoms. The summed E-state index contributed by atoms with van der Waals surface area (Å²) in [4.78, 5) is 0. The van der Waals surface area contributed by atoms with Gasteiger partial charge >= 0.3 is 6.18 Å². The van der Waals surface area contributed by atoms with Crippen molar-refractivity contribution in [3.8, 4) is 0 Å². The highest BCUT2D eigenvalue weighted by Gasteiger charge is 2.41. The van der Waals surface area contributed by atoms with Crippen LogP contribution in [0.2, 0.25) is 0 Å². The largest absolute Gasteiger partial charge is 0.418 e. The summed E-state index contributed by atoms with van der Waals surface area (Å²) in [5.41, 5.74) is 0.118. The molecule has 1 rings (SSSR count). The Hall–Kier alpha value is -0.550. The Bertz CT molecular complexity index is 307. The van der Waals surface area contributed by atoms with Crippen LogP contribution in [0, 0.1) is 0 Å². The van der Waals surface area contributed by atoms with Crippen LogP contribution in [0.25, 0.3) is 0 Å². The molecule has 1 nitrogen and oxygen atoms in total. The highest BCUT2D eigenvalue weighted by Crippen LogP contribution is 2.35. The van der Waals surface area contributed by atoms with Gasteiger partial charge in [-0.2, -0.15) is 13.2 Å². The molecule has 1 atom stereocenters. The van der Waals surface area contributed by atoms with E-state index in [9.17, 15) is 13.2 Å². The molecule has 0 fully saturated rings. The van der Waals surface area contributed by atoms with E-state index in [1.165, 1.54) is 19.1 Å². The summed E-state index contributed by atoms with van der Waals surface area (Å²) in [7, 11) is 0. The van der Waals surface area contributed by atoms with Crippen LogP contribution < -0.4 is 0 Å². The maximum atomic E-state index is 12.6. The Morgan fingerprint density at radius 1 is 1.27 bits per heavy atom. The number of rotatable bonds is 3. The van der Waals surface area contributed by atoms with E-state index in [0.717, 1.165) is 4.47 Å². The minimum absolute atomic E-state index is 0.0280. The van der Waals surface area contributed by atoms with Crippen molar-refractivity contribution >= 4 is 15.9 Å². The quantitative estimate of drug-likeness (QED) is 0.811. The first-order valence-corrected chi connectivity index (χ1v) is 5.18. The van der Waals surface area contributed by atoms with Gasteiger partial charge in [-0.25, -0.2) is 0 Å². The van der Waals surface area contributed by atoms with E-state index in [1.54, 1.807) is 12.1 Å². The third-order valence-corrected chi connectivity index (χ3v) is 2.33. The number of ether oxygens (including phenoxy) is 1. The molecular formula is C10H10BrF3O. The van der Waals surface area contributed by atoms with Gasteiger partial charge in [-0.1, -0.05) is 28.1 Å². The van der Waals surface area contributed by atoms with Gasteiger partial charge in [0.1, 0.15) is 0 Å². The predicted octanol–water partition coefficient (Wildman–Crippen LogP) is 4.09. The van der Waals surface area contributed by atoms with E-state index in [1.807, 2.05) is 0 Å². The molecule has 15 heavy (non-hydrogen) atoms. The van der Waals surface area contributed by atoms with Gasteiger partial charge in [0.25, 0.3) is 0 Å². The number of hydrogen-bond acceptors (Lipinski definition) is 1. The highest BCUT2D eigenvalue weighted by atomic mass is 79.9. The van der Waals surface area contributed by atoms with Crippen LogP contribution in [0.1, 0.15) is 18.6 Å². The molecule has 0 aliphatic carbocycles. The summed E-state index contributed by atoms with van der Waals surface area (Å²) in [5, 5.41) is 0. The molecule has 84 valence electrons. The summed E-state index contributed by atoms with van der Waals surface area (Å²) in [6.45, 7) is 1.57. The molecule has 0 N–H and O–H groups in total. The Kier molecular flexibility index (Phi) is 4.16. The minimum atomic E-state index is -4.37. The molecule has 0 spiro atoms. The first-order valence-electron chi connectivity index (χ1n) is 4.39. The lowest BCUT2D eigenvalue weighted by atomic mass is 10.1. The van der Waals surface area contributed by atoms with Crippen LogP contribution in [0.3, 0.4) is 0 Å². The van der Waals surface area contributed by atoms with Crippen molar-refractivity contribution in [2.45, 2.75) is 19.2 Å². The van der Waals surface area contributed by atoms with Crippen molar-refractivity contribution in [3.05, 3.63) is 34.3 Å². The number of hydrogen-bond donors (Lipinski definition) is 0. The van der Waals surface area contributed by atoms with E-state index < -0.39 is 12.3 Å². The Morgan fingerprint density at radius 3 is 2.20 bits per heavy atom. The second-order valence-electron chi connectivity index (χ2n) is 2.93. The van der Waals surface area contributed by atoms with Crippen molar-refractivity contribution in [3.63, 3.8) is 0 Å². The lowest BCUT2D eigenvalue weighted by Crippen LogP contribution is -2.23. The molecule has 1 aromatic carbocycles. The van der Waals surface area contributed by atoms with Gasteiger partial charge < -0.3 is 4.74 Å². The van der Waals surface area contributed by atoms with Crippen LogP contribution in [0.4, 0.5) is 13.2 Å². The molecule has 0 aliphatic rings. The third kappa shape index (κ3) is 3.50. The molecule has 5 heteroatoms. The minimum Gasteiger partial charge on any atom is -0.364 e. The molecule has 0 aromatic heterocycles. The van der Waals surface area contributed by atoms with Gasteiger partial charge in [0.05, 0.1) is 0 Å². The first kappa shape index (κ1) is 12.5. The van der Waals surface area contributed by atoms with E-state index >= 15 is 0 Å². The van der Waals surface area contributed by atoms with E-state index in [-0.39, 0.29) is 12.2 Å². The monoisotopic (exact) mass is 282 g/mol. The van der Waals surface area contributed by atoms with Crippen molar-refractivity contribution < 1.29 is 17.9 Å². The normalized spacial score (nSPS) is 13.9. The molecule has 0 radical (unpaired) electrons. The maximum Gasteiger partial charge on any atom is 0.418 e. The highest BCUT2D eigenvalue weighted by molar-refractivity contribution is 9.10. The van der Waals surface area contributed by atoms with Crippen molar-refractivity contribution in [1.82, 2.24) is 0 Å². The lowest BCUT2D eigenvalue weighted by molar-refractivity contribution is -0.222. The molecule has 0 amide bonds. The fourth-order valence-electron chi connectivity index (χ4n) is 1.18. The Balaban J connectivity index is 2.94. The fourth-order valence-corrected chi connectivity index (χ4v) is 1.45. The number of halogens is 4. The van der Waals surface area contributed by atoms with E-state index in [0.29, 0.717) is 0 Å². The van der Waals surface area contributed by atoms with Crippen LogP contribution in [0.5, 0.6) is 0 Å². The first-order chi connectivity index (χ1) is 6.95. The zero-order chi connectivity index (χ0) is 11.5. The van der Waals surface area contributed by atoms with E-state index in [2.05, 4.69) is 15.9 Å². The van der Waals surface area contributed by atoms with Gasteiger partial charge in [0.15, 0.2) is 6.10 Å². The lowest BCUT2D eigenvalue weighted by Gasteiger charge is -2.20. The molecule has 0 saturated heterocycles. The summed E-state index contributed by atoms with van der Waals surface area (Å²) < 4.78 is 43.1. The van der Waals surface area contributed by atoms with Gasteiger partial charge in [-0.05, 0) is 24.6 Å². The zero-order valence-electron chi connectivity index (χ0n) is 8.01. The van der Waals surface area contributed by atoms with Crippen LogP contribution >= 0.6 is 15.9 Å². The number of alkyl halides is 3. The molecule has 0 saturated carbocycles. The maximum absolute atomic E-state index is 12.6. The summed E-state index contributed by atoms with van der Waals surface area (Å²) in [6.07, 6.45) is -6.21. The Morgan fingerprint density at radius 2 is 1.80 bits per heavy atom. The predicted molar refractivity (Wildman–Crippen MR) is 54.6 cm³/mol. The fraction of sp³-hybridized carbons (Fsp3) is 0.400. The molecule has 0 aliphatic heterocycles. The van der Waals surface area contributed by atoms with Crippen LogP contribution in [-0.4, -0.2) is 12.8 Å². The second kappa shape index (κ2) is 4.99. The average molecular weight is 283 g/mol. The third-order valence-electron chi connectivity index (χ3n) is 1.80. The van der Waals surface area contributed by atoms with Gasteiger partial charge in [0.2, 0.25) is 0 Å². The molecule has 1 unspecified atom stereocenters. The Labute approximate surface area is 94.4 Å². The average Bonchev–Trinajstić information content (AvgIpc) is 2.14. The molecular weight excluding hydrogens is 273 g/mol. The standard InChI is InChI=1S/C10H10BrF3O/c1-2-15-9(10(12,13)14)7-3-5-8(11)6-4-7/h3-6,9H,2H2,1H3. The second-order valence-corrected chi connectivity index (χ2v) is 3.84. The van der Waals surface area contributed by atoms with Crippen molar-refractivity contribution in [2.75, 3.05) is 6.61 Å². The topological polar surface area (TPSA) is 9.23 Å². The van der Waals surface area contributed by atoms with Crippen LogP contribution in [-0.2, 0) is 4.74 Å². The van der Waals surface area contributed by atoms with Gasteiger partial charge in [-0.3, -0.25) is 0 Å². The number of benzene rings is 1. The van der Waals surface area contributed by atoms with Crippen molar-refractivity contribution in [1.29, 1.82) is 0 Å². The van der Waals surface area contributed by atoms with E-state index in [4.69, 9.17) is 4.74 Å². The molecule has 0 heterocycles. The van der Waals surface area contributed by atoms with Crippen LogP contribution in [0.15, 0.2) is 28.7 Å². The van der Waals surface area contributed by atoms with Crippen molar-refractivity contribution in [2.24, 2.45) is 0 Å². The van der Waals surface area contributed by atoms with Gasteiger partial charge in [0, 0.05) is 11.1 Å². The smallest absolute Gasteiger partial charge is 0.364 e. The summed E-state index contributed by atoms with van der Waals surface area (Å²) in [6, 6.07) is 5.93. The summed E-state index contributed by atoms with van der Waals surface area (Å²) in [5.74, 6) is 0. The zero-order valence-corrected chi connectivity index (χ0v) is 9.60. The molecule has 1 aromatic rings. The van der Waals surface area contributed by atoms with Gasteiger partial charge in [-0.15, -0.1) is 0 Å².